The first-order chi connectivity index (χ1) is 54.9. The number of halogens is 5. The number of benzene rings is 7. The van der Waals surface area contributed by atoms with Gasteiger partial charge in [-0.1, -0.05) is 168 Å². The van der Waals surface area contributed by atoms with E-state index in [-0.39, 0.29) is 51.8 Å². The number of fused-ring (bicyclic) bond motifs is 6. The molecule has 0 amide bonds. The van der Waals surface area contributed by atoms with Crippen LogP contribution in [0.3, 0.4) is 0 Å². The smallest absolute Gasteiger partial charge is 0.486 e. The van der Waals surface area contributed by atoms with Gasteiger partial charge in [0.1, 0.15) is 17.2 Å². The van der Waals surface area contributed by atoms with Crippen LogP contribution in [0.4, 0.5) is 22.0 Å². The summed E-state index contributed by atoms with van der Waals surface area (Å²) in [6.45, 7) is 17.3. The molecule has 0 atom stereocenters. The van der Waals surface area contributed by atoms with Gasteiger partial charge in [0, 0.05) is 119 Å². The number of aryl methyl sites for hydroxylation is 2. The zero-order valence-electron chi connectivity index (χ0n) is 65.3. The van der Waals surface area contributed by atoms with E-state index in [9.17, 15) is 22.0 Å². The Morgan fingerprint density at radius 2 is 0.767 bits per heavy atom. The number of pyridine rings is 7. The van der Waals surface area contributed by atoms with Crippen molar-refractivity contribution in [2.24, 2.45) is 17.8 Å². The molecule has 7 aromatic carbocycles. The predicted octanol–water partition coefficient (Wildman–Crippen LogP) is 23.0. The fourth-order valence-electron chi connectivity index (χ4n) is 11.9. The van der Waals surface area contributed by atoms with Gasteiger partial charge < -0.3 is 39.0 Å². The molecule has 0 spiro atoms. The van der Waals surface area contributed by atoms with Crippen molar-refractivity contribution in [1.29, 1.82) is 0 Å². The van der Waals surface area contributed by atoms with Crippen LogP contribution in [0.5, 0.6) is 0 Å². The molecule has 0 fully saturated rings. The van der Waals surface area contributed by atoms with Gasteiger partial charge in [-0.05, 0) is 150 Å². The molecule has 602 valence electrons. The summed E-state index contributed by atoms with van der Waals surface area (Å²) < 4.78 is 96.1. The first-order valence-electron chi connectivity index (χ1n) is 36.5. The van der Waals surface area contributed by atoms with Crippen LogP contribution in [0.25, 0.3) is 123 Å². The molecule has 0 aliphatic rings. The summed E-state index contributed by atoms with van der Waals surface area (Å²) in [5.41, 5.74) is 16.2. The summed E-state index contributed by atoms with van der Waals surface area (Å²) in [5.74, 6) is 1.57. The molecular weight excluding hydrogens is 1850 g/mol. The van der Waals surface area contributed by atoms with Gasteiger partial charge in [-0.3, -0.25) is 9.54 Å². The van der Waals surface area contributed by atoms with E-state index in [1.54, 1.807) is 36.7 Å². The monoisotopic (exact) mass is 1940 g/mol. The Balaban J connectivity index is 0.000000197. The molecule has 0 unspecified atom stereocenters. The minimum absolute atomic E-state index is 0. The minimum atomic E-state index is -5.84. The van der Waals surface area contributed by atoms with Crippen LogP contribution in [0.2, 0.25) is 0 Å². The van der Waals surface area contributed by atoms with E-state index in [4.69, 9.17) is 32.0 Å². The van der Waals surface area contributed by atoms with Gasteiger partial charge in [0.2, 0.25) is 11.4 Å². The fraction of sp³-hybridized carbons (Fsp3) is 0.181. The van der Waals surface area contributed by atoms with Gasteiger partial charge in [0.05, 0.1) is 11.3 Å². The minimum Gasteiger partial charge on any atom is -0.486 e. The van der Waals surface area contributed by atoms with Gasteiger partial charge in [0.15, 0.2) is 0 Å². The Kier molecular flexibility index (Phi) is 35.5. The summed E-state index contributed by atoms with van der Waals surface area (Å²) in [5, 5.41) is 18.0. The molecule has 16 aromatic rings. The maximum Gasteiger partial charge on any atom is 0.522 e. The number of rotatable bonds is 13. The number of aromatic nitrogens is 7. The van der Waals surface area contributed by atoms with Crippen molar-refractivity contribution >= 4 is 54.3 Å². The number of aliphatic hydroxyl groups is 2. The third-order valence-corrected chi connectivity index (χ3v) is 17.6. The van der Waals surface area contributed by atoms with Crippen molar-refractivity contribution in [3.05, 3.63) is 332 Å². The maximum atomic E-state index is 13.2. The zero-order valence-corrected chi connectivity index (χ0v) is 70.9. The largest absolute Gasteiger partial charge is 0.522 e. The van der Waals surface area contributed by atoms with Crippen molar-refractivity contribution in [2.75, 3.05) is 14.2 Å². The Labute approximate surface area is 700 Å². The van der Waals surface area contributed by atoms with Gasteiger partial charge in [0.25, 0.3) is 0 Å². The van der Waals surface area contributed by atoms with Crippen molar-refractivity contribution in [2.45, 2.75) is 80.2 Å². The summed E-state index contributed by atoms with van der Waals surface area (Å²) in [6, 6.07) is 88.5. The van der Waals surface area contributed by atoms with Crippen LogP contribution in [0.15, 0.2) is 276 Å². The Hall–Kier alpha value is -11.0. The van der Waals surface area contributed by atoms with Gasteiger partial charge in [-0.25, -0.2) is 18.7 Å². The van der Waals surface area contributed by atoms with E-state index in [0.29, 0.717) is 34.8 Å². The first kappa shape index (κ1) is 92.1. The molecule has 0 saturated heterocycles. The van der Waals surface area contributed by atoms with Crippen LogP contribution in [-0.2, 0) is 69.6 Å². The third-order valence-electron chi connectivity index (χ3n) is 17.0. The summed E-state index contributed by atoms with van der Waals surface area (Å²) in [7, 11) is -3.84. The van der Waals surface area contributed by atoms with E-state index in [1.165, 1.54) is 41.0 Å². The Bertz CT molecular complexity index is 5380. The number of furan rings is 2. The Morgan fingerprint density at radius 1 is 0.397 bits per heavy atom. The van der Waals surface area contributed by atoms with Crippen molar-refractivity contribution in [3.8, 4) is 78.5 Å². The number of alkyl halides is 3. The van der Waals surface area contributed by atoms with E-state index < -0.39 is 15.6 Å². The van der Waals surface area contributed by atoms with Crippen molar-refractivity contribution < 1.29 is 94.2 Å². The molecule has 22 heteroatoms. The van der Waals surface area contributed by atoms with Gasteiger partial charge in [-0.2, -0.15) is 21.6 Å². The zero-order chi connectivity index (χ0) is 81.9. The van der Waals surface area contributed by atoms with E-state index in [0.717, 1.165) is 151 Å². The molecule has 0 aliphatic carbocycles. The number of para-hydroxylation sites is 1. The van der Waals surface area contributed by atoms with Crippen molar-refractivity contribution in [3.63, 3.8) is 0 Å². The first-order valence-corrected chi connectivity index (χ1v) is 38.0. The molecule has 0 aliphatic heterocycles. The molecule has 16 rings (SSSR count). The maximum absolute atomic E-state index is 13.2. The summed E-state index contributed by atoms with van der Waals surface area (Å²) >= 11 is 0. The van der Waals surface area contributed by atoms with Crippen LogP contribution in [0.1, 0.15) is 69.6 Å². The van der Waals surface area contributed by atoms with Gasteiger partial charge in [-0.15, -0.1) is 124 Å². The number of hydrogen-bond donors (Lipinski definition) is 3. The topological polar surface area (TPSA) is 211 Å². The normalized spacial score (nSPS) is 10.8. The molecule has 14 nitrogen and oxygen atoms in total. The molecule has 0 bridgehead atoms. The summed E-state index contributed by atoms with van der Waals surface area (Å²) in [4.78, 5) is 30.9. The predicted molar refractivity (Wildman–Crippen MR) is 444 cm³/mol. The molecule has 0 saturated carbocycles. The SMILES string of the molecule is CC(C)Cc1c[c-]c(-c2ccccn2)cc1.CC(C)Cc1c[c-]c(-c2ccccn2)cc1.CC(C)Cc1c[c-]c(-c2ccccn2)cc1.CO.CO.Cc1ccc2c(n1)oc1c(-c3cc(-c4ccc(F)cc4)ccn3)[c-]ccc12.Cc1ccc2c(n1)oc1c(-c3cc(-c4ccc(F)cc4)ccn3)cccc12.O=S(=O)(O)C(F)(F)F.[Ir].[Ir]. The second kappa shape index (κ2) is 44.7. The number of nitrogens with zero attached hydrogens (tertiary/aromatic N) is 7. The van der Waals surface area contributed by atoms with Crippen LogP contribution >= 0.6 is 0 Å². The molecule has 9 heterocycles. The molecule has 2 radical (unpaired) electrons. The van der Waals surface area contributed by atoms with E-state index in [2.05, 4.69) is 155 Å². The molecule has 116 heavy (non-hydrogen) atoms. The fourth-order valence-corrected chi connectivity index (χ4v) is 11.9. The second-order valence-electron chi connectivity index (χ2n) is 27.2. The van der Waals surface area contributed by atoms with E-state index in [1.807, 2.05) is 166 Å². The standard InChI is InChI=1S/C23H15FN2O.C23H14FN2O.3C15H16N.CHF3O3S.2CH4O.2Ir/c2*1-14-5-10-19-18-3-2-4-20(22(18)27-23(19)26-14)21-13-16(11-12-25-21)15-6-8-17(24)9-7-15;3*1-12(2)11-13-6-8-14(9-7-13)15-5-3-4-10-16-15;2-1(3,4)8(5,6)7;2*1-2;;/h2-13H,1H3;2-3,5-13H,1H3;3*3-8,10,12H,11H2,1-2H3;(H,5,6,7);2*2H,1H3;;/q;4*-1;;;;;. The van der Waals surface area contributed by atoms with E-state index >= 15 is 0 Å². The third kappa shape index (κ3) is 26.2. The van der Waals surface area contributed by atoms with Crippen LogP contribution < -0.4 is 0 Å². The molecule has 3 N–H and O–H groups in total. The van der Waals surface area contributed by atoms with Crippen LogP contribution in [-0.4, -0.2) is 77.8 Å². The number of aliphatic hydroxyl groups excluding tert-OH is 2. The average molecular weight is 1940 g/mol. The van der Waals surface area contributed by atoms with Gasteiger partial charge >= 0.3 is 15.6 Å². The van der Waals surface area contributed by atoms with Crippen molar-refractivity contribution in [1.82, 2.24) is 34.9 Å². The summed E-state index contributed by atoms with van der Waals surface area (Å²) in [6.07, 6.45) is 12.3. The number of hydrogen-bond acceptors (Lipinski definition) is 13. The second-order valence-corrected chi connectivity index (χ2v) is 28.6. The molecular formula is C94H86F5Ir2N7O7S-4. The average Bonchev–Trinajstić information content (AvgIpc) is 1.65. The van der Waals surface area contributed by atoms with Crippen LogP contribution in [0, 0.1) is 67.5 Å². The Morgan fingerprint density at radius 3 is 1.13 bits per heavy atom. The molecule has 9 aromatic heterocycles. The quantitative estimate of drug-likeness (QED) is 0.0424.